The number of halogens is 1. The van der Waals surface area contributed by atoms with E-state index in [1.165, 1.54) is 16.4 Å². The zero-order valence-electron chi connectivity index (χ0n) is 14.0. The molecule has 0 aliphatic carbocycles. The molecule has 2 unspecified atom stereocenters. The molecule has 1 amide bonds. The lowest BCUT2D eigenvalue weighted by atomic mass is 9.98. The minimum absolute atomic E-state index is 0.0538. The Kier molecular flexibility index (Phi) is 5.71. The standard InChI is InChI=1S/C17H23FN2O4S/c18-15-3-5-16(6-4-15)25(22,23)20-8-1-2-14(11-20)17(21)19-10-13-7-9-24-12-13/h3-6,13-14H,1-2,7-12H2,(H,19,21). The topological polar surface area (TPSA) is 75.7 Å². The third-order valence-electron chi connectivity index (χ3n) is 4.80. The van der Waals surface area contributed by atoms with Crippen molar-refractivity contribution >= 4 is 15.9 Å². The second-order valence-electron chi connectivity index (χ2n) is 6.63. The summed E-state index contributed by atoms with van der Waals surface area (Å²) >= 11 is 0. The Labute approximate surface area is 147 Å². The maximum atomic E-state index is 13.0. The van der Waals surface area contributed by atoms with Gasteiger partial charge >= 0.3 is 0 Å². The monoisotopic (exact) mass is 370 g/mol. The molecule has 3 rings (SSSR count). The largest absolute Gasteiger partial charge is 0.381 e. The van der Waals surface area contributed by atoms with E-state index in [4.69, 9.17) is 4.74 Å². The number of benzene rings is 1. The molecule has 1 N–H and O–H groups in total. The minimum Gasteiger partial charge on any atom is -0.381 e. The zero-order chi connectivity index (χ0) is 17.9. The average molecular weight is 370 g/mol. The van der Waals surface area contributed by atoms with E-state index in [1.807, 2.05) is 0 Å². The van der Waals surface area contributed by atoms with Crippen LogP contribution in [0.2, 0.25) is 0 Å². The molecule has 2 atom stereocenters. The van der Waals surface area contributed by atoms with E-state index in [9.17, 15) is 17.6 Å². The van der Waals surface area contributed by atoms with Crippen molar-refractivity contribution in [1.29, 1.82) is 0 Å². The van der Waals surface area contributed by atoms with Crippen LogP contribution in [-0.2, 0) is 19.6 Å². The Balaban J connectivity index is 1.61. The van der Waals surface area contributed by atoms with E-state index in [1.54, 1.807) is 0 Å². The Morgan fingerprint density at radius 2 is 2.04 bits per heavy atom. The van der Waals surface area contributed by atoms with Gasteiger partial charge in [-0.05, 0) is 43.5 Å². The van der Waals surface area contributed by atoms with Gasteiger partial charge in [0.05, 0.1) is 17.4 Å². The first kappa shape index (κ1) is 18.3. The highest BCUT2D eigenvalue weighted by Crippen LogP contribution is 2.24. The lowest BCUT2D eigenvalue weighted by Crippen LogP contribution is -2.46. The average Bonchev–Trinajstić information content (AvgIpc) is 3.14. The fourth-order valence-electron chi connectivity index (χ4n) is 3.26. The van der Waals surface area contributed by atoms with Crippen LogP contribution in [0.1, 0.15) is 19.3 Å². The molecule has 0 aromatic heterocycles. The molecule has 2 aliphatic heterocycles. The number of piperidine rings is 1. The SMILES string of the molecule is O=C(NCC1CCOC1)C1CCCN(S(=O)(=O)c2ccc(F)cc2)C1. The van der Waals surface area contributed by atoms with Gasteiger partial charge < -0.3 is 10.1 Å². The first-order valence-electron chi connectivity index (χ1n) is 8.58. The number of carbonyl (C=O) groups excluding carboxylic acids is 1. The van der Waals surface area contributed by atoms with E-state index < -0.39 is 15.8 Å². The molecular weight excluding hydrogens is 347 g/mol. The number of carbonyl (C=O) groups is 1. The Morgan fingerprint density at radius 3 is 2.72 bits per heavy atom. The van der Waals surface area contributed by atoms with Crippen molar-refractivity contribution in [2.24, 2.45) is 11.8 Å². The Bertz CT molecular complexity index is 702. The molecule has 0 saturated carbocycles. The molecular formula is C17H23FN2O4S. The van der Waals surface area contributed by atoms with Crippen LogP contribution >= 0.6 is 0 Å². The van der Waals surface area contributed by atoms with Crippen molar-refractivity contribution in [3.63, 3.8) is 0 Å². The van der Waals surface area contributed by atoms with Gasteiger partial charge in [-0.3, -0.25) is 4.79 Å². The maximum Gasteiger partial charge on any atom is 0.243 e. The van der Waals surface area contributed by atoms with E-state index in [2.05, 4.69) is 5.32 Å². The van der Waals surface area contributed by atoms with Crippen molar-refractivity contribution in [3.05, 3.63) is 30.1 Å². The second kappa shape index (κ2) is 7.80. The predicted octanol–water partition coefficient (Wildman–Crippen LogP) is 1.38. The van der Waals surface area contributed by atoms with E-state index in [0.717, 1.165) is 25.2 Å². The van der Waals surface area contributed by atoms with Crippen LogP contribution in [-0.4, -0.2) is 51.5 Å². The normalized spacial score (nSPS) is 25.0. The van der Waals surface area contributed by atoms with Crippen LogP contribution in [0.25, 0.3) is 0 Å². The summed E-state index contributed by atoms with van der Waals surface area (Å²) in [6.45, 7) is 2.50. The van der Waals surface area contributed by atoms with Crippen LogP contribution in [0.5, 0.6) is 0 Å². The van der Waals surface area contributed by atoms with Crippen molar-refractivity contribution in [3.8, 4) is 0 Å². The summed E-state index contributed by atoms with van der Waals surface area (Å²) in [6, 6.07) is 4.78. The summed E-state index contributed by atoms with van der Waals surface area (Å²) in [5, 5.41) is 2.92. The predicted molar refractivity (Wildman–Crippen MR) is 89.8 cm³/mol. The number of amides is 1. The number of hydrogen-bond acceptors (Lipinski definition) is 4. The number of ether oxygens (including phenoxy) is 1. The molecule has 2 heterocycles. The summed E-state index contributed by atoms with van der Waals surface area (Å²) in [4.78, 5) is 12.4. The van der Waals surface area contributed by atoms with Crippen molar-refractivity contribution in [1.82, 2.24) is 9.62 Å². The smallest absolute Gasteiger partial charge is 0.243 e. The summed E-state index contributed by atoms with van der Waals surface area (Å²) in [5.74, 6) is -0.602. The number of sulfonamides is 1. The fraction of sp³-hybridized carbons (Fsp3) is 0.588. The fourth-order valence-corrected chi connectivity index (χ4v) is 4.79. The maximum absolute atomic E-state index is 13.0. The lowest BCUT2D eigenvalue weighted by molar-refractivity contribution is -0.126. The third kappa shape index (κ3) is 4.37. The number of rotatable bonds is 5. The van der Waals surface area contributed by atoms with Crippen molar-refractivity contribution < 1.29 is 22.3 Å². The van der Waals surface area contributed by atoms with Gasteiger partial charge in [0.2, 0.25) is 15.9 Å². The summed E-state index contributed by atoms with van der Waals surface area (Å²) in [7, 11) is -3.71. The molecule has 0 radical (unpaired) electrons. The highest BCUT2D eigenvalue weighted by Gasteiger charge is 2.33. The molecule has 0 bridgehead atoms. The van der Waals surface area contributed by atoms with Gasteiger partial charge in [0.1, 0.15) is 5.82 Å². The molecule has 2 fully saturated rings. The van der Waals surface area contributed by atoms with Gasteiger partial charge in [-0.2, -0.15) is 4.31 Å². The van der Waals surface area contributed by atoms with Gasteiger partial charge in [0, 0.05) is 32.2 Å². The van der Waals surface area contributed by atoms with Gasteiger partial charge in [0.15, 0.2) is 0 Å². The number of nitrogens with one attached hydrogen (secondary N) is 1. The molecule has 2 saturated heterocycles. The van der Waals surface area contributed by atoms with E-state index in [-0.39, 0.29) is 23.3 Å². The number of nitrogens with zero attached hydrogens (tertiary/aromatic N) is 1. The molecule has 1 aromatic carbocycles. The summed E-state index contributed by atoms with van der Waals surface area (Å²) in [6.07, 6.45) is 2.24. The second-order valence-corrected chi connectivity index (χ2v) is 8.57. The van der Waals surface area contributed by atoms with E-state index in [0.29, 0.717) is 38.5 Å². The Morgan fingerprint density at radius 1 is 1.28 bits per heavy atom. The highest BCUT2D eigenvalue weighted by atomic mass is 32.2. The van der Waals surface area contributed by atoms with Gasteiger partial charge in [-0.25, -0.2) is 12.8 Å². The van der Waals surface area contributed by atoms with Crippen LogP contribution in [0.15, 0.2) is 29.2 Å². The van der Waals surface area contributed by atoms with Crippen LogP contribution in [0, 0.1) is 17.7 Å². The Hall–Kier alpha value is -1.51. The van der Waals surface area contributed by atoms with Gasteiger partial charge in [-0.15, -0.1) is 0 Å². The lowest BCUT2D eigenvalue weighted by Gasteiger charge is -2.31. The van der Waals surface area contributed by atoms with Crippen LogP contribution < -0.4 is 5.32 Å². The zero-order valence-corrected chi connectivity index (χ0v) is 14.8. The quantitative estimate of drug-likeness (QED) is 0.850. The molecule has 8 heteroatoms. The molecule has 25 heavy (non-hydrogen) atoms. The third-order valence-corrected chi connectivity index (χ3v) is 6.67. The molecule has 1 aromatic rings. The first-order valence-corrected chi connectivity index (χ1v) is 10.0. The summed E-state index contributed by atoms with van der Waals surface area (Å²) in [5.41, 5.74) is 0. The number of hydrogen-bond donors (Lipinski definition) is 1. The molecule has 6 nitrogen and oxygen atoms in total. The van der Waals surface area contributed by atoms with Gasteiger partial charge in [-0.1, -0.05) is 0 Å². The molecule has 138 valence electrons. The molecule has 2 aliphatic rings. The highest BCUT2D eigenvalue weighted by molar-refractivity contribution is 7.89. The first-order chi connectivity index (χ1) is 12.0. The molecule has 0 spiro atoms. The summed E-state index contributed by atoms with van der Waals surface area (Å²) < 4.78 is 45.0. The minimum atomic E-state index is -3.71. The van der Waals surface area contributed by atoms with Crippen LogP contribution in [0.4, 0.5) is 4.39 Å². The van der Waals surface area contributed by atoms with Crippen LogP contribution in [0.3, 0.4) is 0 Å². The van der Waals surface area contributed by atoms with Crippen molar-refractivity contribution in [2.45, 2.75) is 24.2 Å². The van der Waals surface area contributed by atoms with Gasteiger partial charge in [0.25, 0.3) is 0 Å². The van der Waals surface area contributed by atoms with Crippen molar-refractivity contribution in [2.75, 3.05) is 32.8 Å². The van der Waals surface area contributed by atoms with E-state index >= 15 is 0 Å².